The number of fused-ring (bicyclic) bond motifs is 1. The molecule has 0 saturated carbocycles. The zero-order valence-electron chi connectivity index (χ0n) is 13.5. The van der Waals surface area contributed by atoms with Gasteiger partial charge in [-0.05, 0) is 45.7 Å². The summed E-state index contributed by atoms with van der Waals surface area (Å²) in [5.74, 6) is 0. The van der Waals surface area contributed by atoms with Crippen LogP contribution in [0.5, 0.6) is 0 Å². The van der Waals surface area contributed by atoms with E-state index in [4.69, 9.17) is 4.74 Å². The molecule has 1 aliphatic heterocycles. The van der Waals surface area contributed by atoms with Crippen LogP contribution in [-0.4, -0.2) is 24.7 Å². The SMILES string of the molecule is C[C@@H]1Cc2cc([B-](F)(F)F)ccc2N1C(=O)OC(C)(C)C.[K+]. The minimum atomic E-state index is -5.03. The summed E-state index contributed by atoms with van der Waals surface area (Å²) in [6.07, 6.45) is -0.131. The number of halogens is 3. The molecule has 1 aromatic carbocycles. The van der Waals surface area contributed by atoms with Crippen molar-refractivity contribution in [2.75, 3.05) is 4.90 Å². The number of hydrogen-bond donors (Lipinski definition) is 0. The van der Waals surface area contributed by atoms with Gasteiger partial charge in [-0.15, -0.1) is 5.46 Å². The van der Waals surface area contributed by atoms with Gasteiger partial charge in [0.1, 0.15) is 5.60 Å². The molecule has 8 heteroatoms. The standard InChI is InChI=1S/C14H18BF3NO2.K/c1-9-7-10-8-11(15(16,17)18)5-6-12(10)19(9)13(20)21-14(2,3)4;/h5-6,8-9H,7H2,1-4H3;/q-1;+1/t9-;/m1./s1. The number of rotatable bonds is 1. The molecule has 0 aromatic heterocycles. The third kappa shape index (κ3) is 4.50. The van der Waals surface area contributed by atoms with E-state index >= 15 is 0 Å². The van der Waals surface area contributed by atoms with Gasteiger partial charge in [-0.3, -0.25) is 4.90 Å². The Kier molecular flexibility index (Phi) is 6.23. The van der Waals surface area contributed by atoms with Gasteiger partial charge in [0.15, 0.2) is 0 Å². The molecule has 116 valence electrons. The summed E-state index contributed by atoms with van der Waals surface area (Å²) in [5, 5.41) is 0. The van der Waals surface area contributed by atoms with Crippen molar-refractivity contribution in [3.05, 3.63) is 23.8 Å². The zero-order chi connectivity index (χ0) is 16.0. The average Bonchev–Trinajstić information content (AvgIpc) is 2.59. The van der Waals surface area contributed by atoms with Crippen LogP contribution >= 0.6 is 0 Å². The Morgan fingerprint density at radius 3 is 2.41 bits per heavy atom. The van der Waals surface area contributed by atoms with E-state index in [1.807, 2.05) is 0 Å². The second kappa shape index (κ2) is 6.85. The minimum absolute atomic E-state index is 0. The van der Waals surface area contributed by atoms with E-state index in [0.717, 1.165) is 12.1 Å². The largest absolute Gasteiger partial charge is 1.00 e. The first kappa shape index (κ1) is 20.0. The number of benzene rings is 1. The number of hydrogen-bond acceptors (Lipinski definition) is 2. The van der Waals surface area contributed by atoms with Gasteiger partial charge < -0.3 is 17.7 Å². The van der Waals surface area contributed by atoms with E-state index in [1.54, 1.807) is 27.7 Å². The van der Waals surface area contributed by atoms with Crippen LogP contribution < -0.4 is 61.7 Å². The molecule has 0 spiro atoms. The van der Waals surface area contributed by atoms with Gasteiger partial charge in [-0.25, -0.2) is 4.79 Å². The molecule has 22 heavy (non-hydrogen) atoms. The molecule has 3 nitrogen and oxygen atoms in total. The van der Waals surface area contributed by atoms with E-state index < -0.39 is 24.1 Å². The van der Waals surface area contributed by atoms with Crippen LogP contribution in [0.25, 0.3) is 0 Å². The Balaban J connectivity index is 0.00000242. The molecule has 0 N–H and O–H groups in total. The molecule has 1 amide bonds. The molecule has 1 aromatic rings. The maximum Gasteiger partial charge on any atom is 1.00 e. The van der Waals surface area contributed by atoms with Gasteiger partial charge in [0.25, 0.3) is 0 Å². The summed E-state index contributed by atoms with van der Waals surface area (Å²) in [5.41, 5.74) is -0.244. The van der Waals surface area contributed by atoms with Crippen molar-refractivity contribution >= 4 is 24.2 Å². The minimum Gasteiger partial charge on any atom is -0.445 e. The summed E-state index contributed by atoms with van der Waals surface area (Å²) >= 11 is 0. The first-order valence-electron chi connectivity index (χ1n) is 6.84. The smallest absolute Gasteiger partial charge is 0.445 e. The van der Waals surface area contributed by atoms with Gasteiger partial charge in [-0.1, -0.05) is 12.1 Å². The number of amides is 1. The predicted molar refractivity (Wildman–Crippen MR) is 77.0 cm³/mol. The Morgan fingerprint density at radius 1 is 1.32 bits per heavy atom. The topological polar surface area (TPSA) is 29.5 Å². The molecule has 1 atom stereocenters. The fourth-order valence-corrected chi connectivity index (χ4v) is 2.44. The molecule has 0 radical (unpaired) electrons. The third-order valence-corrected chi connectivity index (χ3v) is 3.29. The van der Waals surface area contributed by atoms with E-state index in [-0.39, 0.29) is 57.4 Å². The Morgan fingerprint density at radius 2 is 1.91 bits per heavy atom. The van der Waals surface area contributed by atoms with Crippen LogP contribution in [0, 0.1) is 0 Å². The van der Waals surface area contributed by atoms with E-state index in [0.29, 0.717) is 17.7 Å². The van der Waals surface area contributed by atoms with Crippen LogP contribution in [0.1, 0.15) is 33.3 Å². The molecule has 0 aliphatic carbocycles. The van der Waals surface area contributed by atoms with Gasteiger partial charge in [0.05, 0.1) is 5.69 Å². The molecular formula is C14H18BF3KNO2. The monoisotopic (exact) mass is 339 g/mol. The second-order valence-electron chi connectivity index (χ2n) is 6.37. The fraction of sp³-hybridized carbons (Fsp3) is 0.500. The number of carbonyl (C=O) groups excluding carboxylic acids is 1. The Hall–Kier alpha value is -0.0187. The summed E-state index contributed by atoms with van der Waals surface area (Å²) in [4.78, 5) is 13.6. The maximum absolute atomic E-state index is 12.8. The van der Waals surface area contributed by atoms with Crippen molar-refractivity contribution in [2.24, 2.45) is 0 Å². The van der Waals surface area contributed by atoms with Crippen LogP contribution in [-0.2, 0) is 11.2 Å². The molecule has 2 rings (SSSR count). The first-order valence-corrected chi connectivity index (χ1v) is 6.84. The predicted octanol–water partition coefficient (Wildman–Crippen LogP) is 0.431. The Bertz CT molecular complexity index is 572. The van der Waals surface area contributed by atoms with Crippen molar-refractivity contribution in [2.45, 2.75) is 45.8 Å². The normalized spacial score (nSPS) is 17.8. The van der Waals surface area contributed by atoms with Crippen molar-refractivity contribution in [1.82, 2.24) is 0 Å². The first-order chi connectivity index (χ1) is 9.49. The average molecular weight is 339 g/mol. The molecule has 0 saturated heterocycles. The van der Waals surface area contributed by atoms with Crippen LogP contribution in [0.4, 0.5) is 23.4 Å². The van der Waals surface area contributed by atoms with E-state index in [1.165, 1.54) is 11.0 Å². The van der Waals surface area contributed by atoms with Crippen molar-refractivity contribution < 1.29 is 73.9 Å². The molecular weight excluding hydrogens is 321 g/mol. The molecule has 0 unspecified atom stereocenters. The van der Waals surface area contributed by atoms with Crippen molar-refractivity contribution in [1.29, 1.82) is 0 Å². The number of anilines is 1. The summed E-state index contributed by atoms with van der Waals surface area (Å²) < 4.78 is 43.7. The summed E-state index contributed by atoms with van der Waals surface area (Å²) in [6.45, 7) is 2.02. The quantitative estimate of drug-likeness (QED) is 0.695. The van der Waals surface area contributed by atoms with Gasteiger partial charge in [0, 0.05) is 6.04 Å². The van der Waals surface area contributed by atoms with Crippen molar-refractivity contribution in [3.8, 4) is 0 Å². The van der Waals surface area contributed by atoms with Gasteiger partial charge in [0.2, 0.25) is 0 Å². The molecule has 0 bridgehead atoms. The van der Waals surface area contributed by atoms with Crippen LogP contribution in [0.15, 0.2) is 18.2 Å². The van der Waals surface area contributed by atoms with Gasteiger partial charge in [-0.2, -0.15) is 0 Å². The number of carbonyl (C=O) groups is 1. The number of nitrogens with zero attached hydrogens (tertiary/aromatic N) is 1. The fourth-order valence-electron chi connectivity index (χ4n) is 2.44. The Labute approximate surface area is 171 Å². The summed E-state index contributed by atoms with van der Waals surface area (Å²) in [6, 6.07) is 3.29. The number of ether oxygens (including phenoxy) is 1. The van der Waals surface area contributed by atoms with E-state index in [2.05, 4.69) is 0 Å². The summed E-state index contributed by atoms with van der Waals surface area (Å²) in [7, 11) is 0. The van der Waals surface area contributed by atoms with Crippen molar-refractivity contribution in [3.63, 3.8) is 0 Å². The second-order valence-corrected chi connectivity index (χ2v) is 6.37. The van der Waals surface area contributed by atoms with Crippen LogP contribution in [0.3, 0.4) is 0 Å². The third-order valence-electron chi connectivity index (χ3n) is 3.29. The van der Waals surface area contributed by atoms with Crippen LogP contribution in [0.2, 0.25) is 0 Å². The van der Waals surface area contributed by atoms with E-state index in [9.17, 15) is 17.7 Å². The maximum atomic E-state index is 12.8. The molecule has 1 heterocycles. The van der Waals surface area contributed by atoms with Gasteiger partial charge >= 0.3 is 64.5 Å². The molecule has 0 fully saturated rings. The molecule has 1 aliphatic rings. The zero-order valence-corrected chi connectivity index (χ0v) is 16.6.